The molecule has 0 spiro atoms. The average molecular weight is 1090 g/mol. The Kier molecular flexibility index (Phi) is 20.1. The van der Waals surface area contributed by atoms with Gasteiger partial charge in [0, 0.05) is 34.4 Å². The van der Waals surface area contributed by atoms with Gasteiger partial charge in [0.2, 0.25) is 0 Å². The highest BCUT2D eigenvalue weighted by molar-refractivity contribution is 6.06. The first-order valence-corrected chi connectivity index (χ1v) is 25.7. The Morgan fingerprint density at radius 2 is 0.699 bits per heavy atom. The maximum Gasteiger partial charge on any atom is 0.384 e. The molecule has 404 valence electrons. The van der Waals surface area contributed by atoms with E-state index in [-0.39, 0.29) is 22.3 Å². The van der Waals surface area contributed by atoms with Crippen LogP contribution in [0.4, 0.5) is 0 Å². The molecule has 8 aromatic carbocycles. The number of carbonyl (C=O) groups is 4. The van der Waals surface area contributed by atoms with Gasteiger partial charge in [-0.2, -0.15) is 30.8 Å². The number of esters is 2. The third-order valence-corrected chi connectivity index (χ3v) is 12.8. The summed E-state index contributed by atoms with van der Waals surface area (Å²) in [5.74, 6) is -4.40. The molecule has 8 aromatic rings. The largest absolute Gasteiger partial charge is 0.462 e. The van der Waals surface area contributed by atoms with Crippen molar-refractivity contribution in [3.63, 3.8) is 0 Å². The van der Waals surface area contributed by atoms with Crippen LogP contribution in [0, 0.1) is 50.7 Å². The van der Waals surface area contributed by atoms with Crippen LogP contribution in [0.25, 0.3) is 45.6 Å². The van der Waals surface area contributed by atoms with Crippen molar-refractivity contribution >= 4 is 47.2 Å². The summed E-state index contributed by atoms with van der Waals surface area (Å²) < 4.78 is 11.6. The van der Waals surface area contributed by atoms with E-state index in [4.69, 9.17) is 29.0 Å². The van der Waals surface area contributed by atoms with Crippen LogP contribution in [0.2, 0.25) is 0 Å². The summed E-state index contributed by atoms with van der Waals surface area (Å²) in [6.07, 6.45) is 4.91. The van der Waals surface area contributed by atoms with E-state index in [0.29, 0.717) is 44.5 Å². The van der Waals surface area contributed by atoms with Gasteiger partial charge in [0.05, 0.1) is 16.5 Å². The number of ether oxygens (including phenoxy) is 2. The third-order valence-electron chi connectivity index (χ3n) is 12.8. The molecule has 8 rings (SSSR count). The summed E-state index contributed by atoms with van der Waals surface area (Å²) in [6.45, 7) is -3.19. The van der Waals surface area contributed by atoms with Crippen molar-refractivity contribution in [3.8, 4) is 46.5 Å². The molecule has 14 heteroatoms. The van der Waals surface area contributed by atoms with Gasteiger partial charge in [0.15, 0.2) is 0 Å². The maximum atomic E-state index is 14.1. The van der Waals surface area contributed by atoms with E-state index >= 15 is 0 Å². The first kappa shape index (κ1) is 57.6. The summed E-state index contributed by atoms with van der Waals surface area (Å²) in [6, 6.07) is 71.6. The van der Waals surface area contributed by atoms with Crippen LogP contribution in [0.5, 0.6) is 0 Å². The van der Waals surface area contributed by atoms with E-state index in [0.717, 1.165) is 23.3 Å². The van der Waals surface area contributed by atoms with Gasteiger partial charge in [-0.05, 0) is 56.7 Å². The highest BCUT2D eigenvalue weighted by atomic mass is 17.2. The number of benzene rings is 8. The quantitative estimate of drug-likeness (QED) is 0.0203. The predicted octanol–water partition coefficient (Wildman–Crippen LogP) is 12.6. The molecule has 14 nitrogen and oxygen atoms in total. The molecule has 0 aromatic heterocycles. The molecule has 0 heterocycles. The molecule has 83 heavy (non-hydrogen) atoms. The molecular formula is C69H48N4O10. The van der Waals surface area contributed by atoms with Crippen LogP contribution in [-0.4, -0.2) is 50.3 Å². The lowest BCUT2D eigenvalue weighted by atomic mass is 9.92. The number of nitrogens with zero attached hydrogens (tertiary/aromatic N) is 4. The molecule has 0 bridgehead atoms. The van der Waals surface area contributed by atoms with Crippen molar-refractivity contribution in [3.05, 3.63) is 286 Å². The van der Waals surface area contributed by atoms with E-state index in [1.807, 2.05) is 72.8 Å². The predicted molar refractivity (Wildman–Crippen MR) is 309 cm³/mol. The first-order valence-electron chi connectivity index (χ1n) is 25.7. The minimum atomic E-state index is -1.96. The van der Waals surface area contributed by atoms with E-state index in [9.17, 15) is 40.2 Å². The average Bonchev–Trinajstić information content (AvgIpc) is 3.59. The normalized spacial score (nSPS) is 10.7. The van der Waals surface area contributed by atoms with Crippen LogP contribution in [0.1, 0.15) is 44.5 Å². The van der Waals surface area contributed by atoms with Gasteiger partial charge in [-0.25, -0.2) is 19.2 Å². The molecule has 0 saturated carbocycles. The number of carbonyl (C=O) groups excluding carboxylic acids is 4. The monoisotopic (exact) mass is 1090 g/mol. The van der Waals surface area contributed by atoms with Crippen molar-refractivity contribution in [2.45, 2.75) is 0 Å². The number of rotatable bonds is 22. The Hall–Kier alpha value is -11.5. The van der Waals surface area contributed by atoms with Crippen LogP contribution in [-0.2, 0) is 48.2 Å². The highest BCUT2D eigenvalue weighted by Gasteiger charge is 2.38. The van der Waals surface area contributed by atoms with Crippen molar-refractivity contribution < 1.29 is 48.2 Å². The number of hydrogen-bond acceptors (Lipinski definition) is 14. The van der Waals surface area contributed by atoms with Crippen LogP contribution in [0.3, 0.4) is 0 Å². The summed E-state index contributed by atoms with van der Waals surface area (Å²) in [4.78, 5) is 77.8. The van der Waals surface area contributed by atoms with Gasteiger partial charge in [-0.3, -0.25) is 9.78 Å². The van der Waals surface area contributed by atoms with Crippen molar-refractivity contribution in [2.75, 3.05) is 26.4 Å². The first-order chi connectivity index (χ1) is 40.6. The van der Waals surface area contributed by atoms with Crippen molar-refractivity contribution in [1.29, 1.82) is 21.0 Å². The fraction of sp³-hybridized carbons (Fsp3) is 0.0725. The van der Waals surface area contributed by atoms with Gasteiger partial charge in [-0.15, -0.1) is 0 Å². The molecule has 0 aliphatic carbocycles. The smallest absolute Gasteiger partial charge is 0.384 e. The lowest BCUT2D eigenvalue weighted by Gasteiger charge is -2.30. The summed E-state index contributed by atoms with van der Waals surface area (Å²) in [7, 11) is 0. The zero-order valence-electron chi connectivity index (χ0n) is 44.3. The SMILES string of the molecule is N#CC(C(=O)OOCC(COOC(=O)C(C#N)=C(c1ccccc1)c1ccccc1)(COC(=O)C=Cc1cccc(-c2ccccc2)c1C#N)COC(=O)C=Cc1cccc(-c2ccccc2)c1C#N)=C(c1ccccc1)c1ccccc1. The lowest BCUT2D eigenvalue weighted by Crippen LogP contribution is -2.43. The van der Waals surface area contributed by atoms with Gasteiger partial charge >= 0.3 is 23.9 Å². The number of nitriles is 4. The van der Waals surface area contributed by atoms with E-state index in [1.54, 1.807) is 158 Å². The summed E-state index contributed by atoms with van der Waals surface area (Å²) in [5, 5.41) is 41.6. The standard InChI is InChI=1S/C69H48N4O10/c70-41-59-51(33-19-35-57(59)49-21-7-1-8-22-49)37-39-63(74)78-45-69(46-79-64(75)40-38-52-34-20-36-58(60(52)42-71)50-23-9-2-10-24-50,47-80-82-67(76)61(43-72)65(53-25-11-3-12-26-53)54-27-13-4-14-28-54)48-81-83-68(77)62(44-73)66(55-29-15-5-16-30-55)56-31-17-6-18-32-56/h1-40H,45-48H2. The minimum absolute atomic E-state index is 0.222. The van der Waals surface area contributed by atoms with Crippen LogP contribution in [0.15, 0.2) is 242 Å². The molecule has 0 aliphatic heterocycles. The van der Waals surface area contributed by atoms with Gasteiger partial charge in [0.25, 0.3) is 0 Å². The van der Waals surface area contributed by atoms with E-state index in [1.165, 1.54) is 12.2 Å². The fourth-order valence-electron chi connectivity index (χ4n) is 8.73. The Morgan fingerprint density at radius 3 is 1.00 bits per heavy atom. The molecule has 0 radical (unpaired) electrons. The summed E-state index contributed by atoms with van der Waals surface area (Å²) in [5.41, 5.74) is 3.71. The van der Waals surface area contributed by atoms with E-state index in [2.05, 4.69) is 12.1 Å². The second-order valence-corrected chi connectivity index (χ2v) is 18.3. The molecule has 0 fully saturated rings. The van der Waals surface area contributed by atoms with Crippen LogP contribution < -0.4 is 0 Å². The molecule has 0 saturated heterocycles. The second-order valence-electron chi connectivity index (χ2n) is 18.3. The van der Waals surface area contributed by atoms with Gasteiger partial charge in [-0.1, -0.05) is 218 Å². The zero-order valence-corrected chi connectivity index (χ0v) is 44.3. The fourth-order valence-corrected chi connectivity index (χ4v) is 8.73. The summed E-state index contributed by atoms with van der Waals surface area (Å²) >= 11 is 0. The lowest BCUT2D eigenvalue weighted by molar-refractivity contribution is -0.317. The molecular weight excluding hydrogens is 1040 g/mol. The Balaban J connectivity index is 1.14. The molecule has 0 aliphatic rings. The molecule has 0 amide bonds. The van der Waals surface area contributed by atoms with E-state index < -0.39 is 66.9 Å². The second kappa shape index (κ2) is 28.9. The Labute approximate surface area is 478 Å². The van der Waals surface area contributed by atoms with Crippen LogP contribution >= 0.6 is 0 Å². The molecule has 0 unspecified atom stereocenters. The Bertz CT molecular complexity index is 3570. The Morgan fingerprint density at radius 1 is 0.386 bits per heavy atom. The molecule has 0 atom stereocenters. The molecule has 0 N–H and O–H groups in total. The minimum Gasteiger partial charge on any atom is -0.462 e. The number of hydrogen-bond donors (Lipinski definition) is 0. The maximum absolute atomic E-state index is 14.1. The van der Waals surface area contributed by atoms with Gasteiger partial charge in [0.1, 0.15) is 61.9 Å². The van der Waals surface area contributed by atoms with Gasteiger partial charge < -0.3 is 9.47 Å². The third kappa shape index (κ3) is 15.0. The van der Waals surface area contributed by atoms with Crippen molar-refractivity contribution in [2.24, 2.45) is 5.41 Å². The van der Waals surface area contributed by atoms with Crippen molar-refractivity contribution in [1.82, 2.24) is 0 Å². The zero-order chi connectivity index (χ0) is 58.2. The highest BCUT2D eigenvalue weighted by Crippen LogP contribution is 2.32. The topological polar surface area (TPSA) is 219 Å².